The van der Waals surface area contributed by atoms with Crippen molar-refractivity contribution in [3.05, 3.63) is 59.7 Å². The quantitative estimate of drug-likeness (QED) is 0.508. The van der Waals surface area contributed by atoms with Crippen LogP contribution >= 0.6 is 0 Å². The molecule has 0 bridgehead atoms. The van der Waals surface area contributed by atoms with Crippen molar-refractivity contribution in [2.75, 3.05) is 12.8 Å². The molecule has 0 saturated carbocycles. The van der Waals surface area contributed by atoms with Gasteiger partial charge in [0.05, 0.1) is 11.8 Å². The van der Waals surface area contributed by atoms with Crippen LogP contribution in [0.4, 0.5) is 5.69 Å². The van der Waals surface area contributed by atoms with E-state index in [0.29, 0.717) is 16.8 Å². The summed E-state index contributed by atoms with van der Waals surface area (Å²) >= 11 is 0. The average molecular weight is 269 g/mol. The molecule has 0 atom stereocenters. The van der Waals surface area contributed by atoms with Crippen LogP contribution < -0.4 is 5.73 Å². The Morgan fingerprint density at radius 1 is 1.20 bits per heavy atom. The lowest BCUT2D eigenvalue weighted by Crippen LogP contribution is -2.22. The number of carbonyl (C=O) groups is 1. The van der Waals surface area contributed by atoms with E-state index >= 15 is 0 Å². The van der Waals surface area contributed by atoms with Crippen LogP contribution in [-0.4, -0.2) is 29.3 Å². The molecule has 0 saturated heterocycles. The summed E-state index contributed by atoms with van der Waals surface area (Å²) in [5.41, 5.74) is 7.08. The number of nitrogen functional groups attached to an aromatic ring is 1. The normalized spacial score (nSPS) is 10.7. The highest BCUT2D eigenvalue weighted by Crippen LogP contribution is 2.15. The van der Waals surface area contributed by atoms with Gasteiger partial charge in [0.1, 0.15) is 5.75 Å². The standard InChI is InChI=1S/C15H15N3O2/c1-18(15(20)12-7-3-4-8-13(12)16)17-10-11-6-2-5-9-14(11)19/h2-10,19H,16H2,1H3/b17-10+. The highest BCUT2D eigenvalue weighted by molar-refractivity contribution is 5.99. The van der Waals surface area contributed by atoms with E-state index in [2.05, 4.69) is 5.10 Å². The Morgan fingerprint density at radius 3 is 2.55 bits per heavy atom. The summed E-state index contributed by atoms with van der Waals surface area (Å²) in [4.78, 5) is 12.1. The second-order valence-corrected chi connectivity index (χ2v) is 4.22. The molecule has 3 N–H and O–H groups in total. The number of nitrogens with two attached hydrogens (primary N) is 1. The third-order valence-corrected chi connectivity index (χ3v) is 2.79. The van der Waals surface area contributed by atoms with Crippen LogP contribution in [0.3, 0.4) is 0 Å². The Labute approximate surface area is 117 Å². The largest absolute Gasteiger partial charge is 0.507 e. The molecule has 0 spiro atoms. The first kappa shape index (κ1) is 13.6. The van der Waals surface area contributed by atoms with Gasteiger partial charge in [0.25, 0.3) is 5.91 Å². The predicted molar refractivity (Wildman–Crippen MR) is 78.6 cm³/mol. The smallest absolute Gasteiger partial charge is 0.275 e. The molecule has 0 aliphatic carbocycles. The molecule has 0 unspecified atom stereocenters. The maximum Gasteiger partial charge on any atom is 0.275 e. The summed E-state index contributed by atoms with van der Waals surface area (Å²) in [6, 6.07) is 13.6. The lowest BCUT2D eigenvalue weighted by Gasteiger charge is -2.12. The van der Waals surface area contributed by atoms with Crippen molar-refractivity contribution in [3.63, 3.8) is 0 Å². The third kappa shape index (κ3) is 2.95. The second kappa shape index (κ2) is 5.88. The molecular formula is C15H15N3O2. The molecule has 0 aliphatic rings. The molecule has 0 heterocycles. The number of para-hydroxylation sites is 2. The van der Waals surface area contributed by atoms with E-state index in [1.54, 1.807) is 48.5 Å². The van der Waals surface area contributed by atoms with Crippen LogP contribution in [0.25, 0.3) is 0 Å². The van der Waals surface area contributed by atoms with Crippen LogP contribution in [0.2, 0.25) is 0 Å². The fourth-order valence-electron chi connectivity index (χ4n) is 1.66. The van der Waals surface area contributed by atoms with Crippen molar-refractivity contribution < 1.29 is 9.90 Å². The van der Waals surface area contributed by atoms with Crippen LogP contribution in [0.5, 0.6) is 5.75 Å². The number of hydrogen-bond acceptors (Lipinski definition) is 4. The number of aromatic hydroxyl groups is 1. The van der Waals surface area contributed by atoms with Crippen molar-refractivity contribution in [2.24, 2.45) is 5.10 Å². The number of rotatable bonds is 3. The zero-order valence-corrected chi connectivity index (χ0v) is 11.0. The Hall–Kier alpha value is -2.82. The van der Waals surface area contributed by atoms with Crippen molar-refractivity contribution >= 4 is 17.8 Å². The number of benzene rings is 2. The Kier molecular flexibility index (Phi) is 4.00. The Morgan fingerprint density at radius 2 is 1.85 bits per heavy atom. The van der Waals surface area contributed by atoms with Gasteiger partial charge in [-0.15, -0.1) is 0 Å². The van der Waals surface area contributed by atoms with Gasteiger partial charge in [0, 0.05) is 18.3 Å². The first-order valence-corrected chi connectivity index (χ1v) is 6.04. The number of nitrogens with zero attached hydrogens (tertiary/aromatic N) is 2. The van der Waals surface area contributed by atoms with Gasteiger partial charge in [-0.05, 0) is 24.3 Å². The summed E-state index contributed by atoms with van der Waals surface area (Å²) in [5, 5.41) is 14.8. The van der Waals surface area contributed by atoms with Gasteiger partial charge in [0.15, 0.2) is 0 Å². The first-order valence-electron chi connectivity index (χ1n) is 6.04. The number of carbonyl (C=O) groups excluding carboxylic acids is 1. The van der Waals surface area contributed by atoms with Gasteiger partial charge < -0.3 is 10.8 Å². The summed E-state index contributed by atoms with van der Waals surface area (Å²) in [5.74, 6) is -0.203. The molecular weight excluding hydrogens is 254 g/mol. The molecule has 102 valence electrons. The van der Waals surface area contributed by atoms with Crippen LogP contribution in [-0.2, 0) is 0 Å². The zero-order chi connectivity index (χ0) is 14.5. The summed E-state index contributed by atoms with van der Waals surface area (Å²) in [6.07, 6.45) is 1.42. The van der Waals surface area contributed by atoms with Crippen LogP contribution in [0.15, 0.2) is 53.6 Å². The van der Waals surface area contributed by atoms with Gasteiger partial charge in [0.2, 0.25) is 0 Å². The molecule has 5 nitrogen and oxygen atoms in total. The van der Waals surface area contributed by atoms with Gasteiger partial charge >= 0.3 is 0 Å². The molecule has 0 aliphatic heterocycles. The number of hydrogen-bond donors (Lipinski definition) is 2. The average Bonchev–Trinajstić information content (AvgIpc) is 2.46. The van der Waals surface area contributed by atoms with Crippen LogP contribution in [0.1, 0.15) is 15.9 Å². The molecule has 2 aromatic rings. The minimum atomic E-state index is -0.310. The third-order valence-electron chi connectivity index (χ3n) is 2.79. The molecule has 0 radical (unpaired) electrons. The number of amides is 1. The number of hydrazone groups is 1. The Bertz CT molecular complexity index is 653. The van der Waals surface area contributed by atoms with Gasteiger partial charge in [-0.1, -0.05) is 24.3 Å². The topological polar surface area (TPSA) is 78.9 Å². The fourth-order valence-corrected chi connectivity index (χ4v) is 1.66. The van der Waals surface area contributed by atoms with Gasteiger partial charge in [-0.25, -0.2) is 5.01 Å². The summed E-state index contributed by atoms with van der Waals surface area (Å²) in [6.45, 7) is 0. The number of phenolic OH excluding ortho intramolecular Hbond substituents is 1. The van der Waals surface area contributed by atoms with Gasteiger partial charge in [-0.2, -0.15) is 5.10 Å². The second-order valence-electron chi connectivity index (χ2n) is 4.22. The highest BCUT2D eigenvalue weighted by atomic mass is 16.3. The van der Waals surface area contributed by atoms with Crippen molar-refractivity contribution in [3.8, 4) is 5.75 Å². The number of anilines is 1. The molecule has 0 aromatic heterocycles. The van der Waals surface area contributed by atoms with Crippen molar-refractivity contribution in [1.29, 1.82) is 0 Å². The van der Waals surface area contributed by atoms with Crippen molar-refractivity contribution in [2.45, 2.75) is 0 Å². The molecule has 5 heteroatoms. The summed E-state index contributed by atoms with van der Waals surface area (Å²) in [7, 11) is 1.53. The van der Waals surface area contributed by atoms with E-state index in [-0.39, 0.29) is 11.7 Å². The lowest BCUT2D eigenvalue weighted by molar-refractivity contribution is 0.0801. The van der Waals surface area contributed by atoms with Crippen molar-refractivity contribution in [1.82, 2.24) is 5.01 Å². The zero-order valence-electron chi connectivity index (χ0n) is 11.0. The Balaban J connectivity index is 2.17. The minimum Gasteiger partial charge on any atom is -0.507 e. The maximum atomic E-state index is 12.1. The molecule has 0 fully saturated rings. The van der Waals surface area contributed by atoms with E-state index in [1.165, 1.54) is 18.3 Å². The predicted octanol–water partition coefficient (Wildman–Crippen LogP) is 2.08. The van der Waals surface area contributed by atoms with E-state index < -0.39 is 0 Å². The monoisotopic (exact) mass is 269 g/mol. The number of phenols is 1. The summed E-state index contributed by atoms with van der Waals surface area (Å²) < 4.78 is 0. The molecule has 1 amide bonds. The minimum absolute atomic E-state index is 0.108. The first-order chi connectivity index (χ1) is 9.59. The van der Waals surface area contributed by atoms with E-state index in [9.17, 15) is 9.90 Å². The molecule has 2 rings (SSSR count). The van der Waals surface area contributed by atoms with Crippen LogP contribution in [0, 0.1) is 0 Å². The molecule has 2 aromatic carbocycles. The lowest BCUT2D eigenvalue weighted by atomic mass is 10.1. The maximum absolute atomic E-state index is 12.1. The SMILES string of the molecule is CN(/N=C/c1ccccc1O)C(=O)c1ccccc1N. The molecule has 20 heavy (non-hydrogen) atoms. The fraction of sp³-hybridized carbons (Fsp3) is 0.0667. The van der Waals surface area contributed by atoms with E-state index in [4.69, 9.17) is 5.73 Å². The van der Waals surface area contributed by atoms with Gasteiger partial charge in [-0.3, -0.25) is 4.79 Å². The van der Waals surface area contributed by atoms with E-state index in [1.807, 2.05) is 0 Å². The van der Waals surface area contributed by atoms with E-state index in [0.717, 1.165) is 0 Å². The highest BCUT2D eigenvalue weighted by Gasteiger charge is 2.13.